The highest BCUT2D eigenvalue weighted by Gasteiger charge is 2.42. The van der Waals surface area contributed by atoms with E-state index in [0.717, 1.165) is 25.8 Å². The van der Waals surface area contributed by atoms with Crippen LogP contribution < -0.4 is 5.32 Å². The van der Waals surface area contributed by atoms with Gasteiger partial charge in [-0.25, -0.2) is 0 Å². The second-order valence-corrected chi connectivity index (χ2v) is 7.19. The SMILES string of the molecule is CCCCC(=O)NC[C@@H]1CC2c3ccccc3C1c1ccccc12. The molecule has 1 atom stereocenters. The van der Waals surface area contributed by atoms with Gasteiger partial charge in [-0.05, 0) is 41.0 Å². The van der Waals surface area contributed by atoms with Crippen LogP contribution in [0.25, 0.3) is 0 Å². The van der Waals surface area contributed by atoms with Gasteiger partial charge in [0.15, 0.2) is 0 Å². The molecule has 1 amide bonds. The zero-order valence-corrected chi connectivity index (χ0v) is 14.3. The van der Waals surface area contributed by atoms with Crippen molar-refractivity contribution in [3.8, 4) is 0 Å². The Morgan fingerprint density at radius 3 is 2.17 bits per heavy atom. The van der Waals surface area contributed by atoms with Gasteiger partial charge in [-0.2, -0.15) is 0 Å². The Bertz CT molecular complexity index is 704. The summed E-state index contributed by atoms with van der Waals surface area (Å²) >= 11 is 0. The van der Waals surface area contributed by atoms with Crippen molar-refractivity contribution in [3.05, 3.63) is 70.8 Å². The number of rotatable bonds is 5. The van der Waals surface area contributed by atoms with E-state index in [1.54, 1.807) is 0 Å². The Morgan fingerprint density at radius 2 is 1.58 bits per heavy atom. The van der Waals surface area contributed by atoms with Crippen LogP contribution in [0.15, 0.2) is 48.5 Å². The van der Waals surface area contributed by atoms with Crippen LogP contribution in [-0.2, 0) is 4.79 Å². The third kappa shape index (κ3) is 2.54. The predicted octanol–water partition coefficient (Wildman–Crippen LogP) is 4.59. The molecule has 2 aromatic carbocycles. The van der Waals surface area contributed by atoms with E-state index >= 15 is 0 Å². The summed E-state index contributed by atoms with van der Waals surface area (Å²) in [6.07, 6.45) is 3.85. The fraction of sp³-hybridized carbons (Fsp3) is 0.409. The van der Waals surface area contributed by atoms with Crippen molar-refractivity contribution < 1.29 is 4.79 Å². The maximum absolute atomic E-state index is 12.0. The van der Waals surface area contributed by atoms with E-state index in [1.807, 2.05) is 0 Å². The smallest absolute Gasteiger partial charge is 0.220 e. The van der Waals surface area contributed by atoms with Crippen molar-refractivity contribution >= 4 is 5.91 Å². The summed E-state index contributed by atoms with van der Waals surface area (Å²) in [7, 11) is 0. The summed E-state index contributed by atoms with van der Waals surface area (Å²) < 4.78 is 0. The molecule has 0 radical (unpaired) electrons. The minimum Gasteiger partial charge on any atom is -0.356 e. The first-order chi connectivity index (χ1) is 11.8. The maximum atomic E-state index is 12.0. The summed E-state index contributed by atoms with van der Waals surface area (Å²) in [5.74, 6) is 1.62. The Hall–Kier alpha value is -2.09. The minimum atomic E-state index is 0.208. The van der Waals surface area contributed by atoms with Crippen LogP contribution >= 0.6 is 0 Å². The zero-order chi connectivity index (χ0) is 16.5. The van der Waals surface area contributed by atoms with Crippen LogP contribution in [-0.4, -0.2) is 12.5 Å². The molecule has 0 aromatic heterocycles. The van der Waals surface area contributed by atoms with Gasteiger partial charge in [0.05, 0.1) is 0 Å². The van der Waals surface area contributed by atoms with Gasteiger partial charge in [-0.15, -0.1) is 0 Å². The van der Waals surface area contributed by atoms with Crippen molar-refractivity contribution in [2.45, 2.75) is 44.4 Å². The van der Waals surface area contributed by atoms with Crippen LogP contribution in [0.2, 0.25) is 0 Å². The fourth-order valence-corrected chi connectivity index (χ4v) is 4.63. The fourth-order valence-electron chi connectivity index (χ4n) is 4.63. The van der Waals surface area contributed by atoms with Crippen molar-refractivity contribution in [2.75, 3.05) is 6.54 Å². The highest BCUT2D eigenvalue weighted by atomic mass is 16.1. The van der Waals surface area contributed by atoms with Crippen molar-refractivity contribution in [2.24, 2.45) is 5.92 Å². The van der Waals surface area contributed by atoms with Gasteiger partial charge in [-0.1, -0.05) is 61.9 Å². The summed E-state index contributed by atoms with van der Waals surface area (Å²) in [6.45, 7) is 2.92. The average molecular weight is 319 g/mol. The molecule has 0 spiro atoms. The molecule has 2 aromatic rings. The number of amides is 1. The van der Waals surface area contributed by atoms with E-state index in [0.29, 0.717) is 24.2 Å². The third-order valence-electron chi connectivity index (χ3n) is 5.74. The molecule has 0 aliphatic heterocycles. The van der Waals surface area contributed by atoms with E-state index in [-0.39, 0.29) is 5.91 Å². The molecular formula is C22H25NO. The zero-order valence-electron chi connectivity index (χ0n) is 14.3. The number of carbonyl (C=O) groups is 1. The quantitative estimate of drug-likeness (QED) is 0.858. The van der Waals surface area contributed by atoms with Gasteiger partial charge in [-0.3, -0.25) is 4.79 Å². The molecule has 0 unspecified atom stereocenters. The van der Waals surface area contributed by atoms with Crippen molar-refractivity contribution in [1.29, 1.82) is 0 Å². The second kappa shape index (κ2) is 6.43. The highest BCUT2D eigenvalue weighted by molar-refractivity contribution is 5.75. The van der Waals surface area contributed by atoms with Gasteiger partial charge in [0.2, 0.25) is 5.91 Å². The molecule has 5 rings (SSSR count). The number of unbranched alkanes of at least 4 members (excludes halogenated alkanes) is 1. The molecule has 3 aliphatic carbocycles. The molecule has 0 fully saturated rings. The molecule has 0 saturated carbocycles. The third-order valence-corrected chi connectivity index (χ3v) is 5.74. The normalized spacial score (nSPS) is 23.5. The van der Waals surface area contributed by atoms with Crippen LogP contribution in [0.3, 0.4) is 0 Å². The lowest BCUT2D eigenvalue weighted by Crippen LogP contribution is -2.39. The number of hydrogen-bond acceptors (Lipinski definition) is 1. The molecular weight excluding hydrogens is 294 g/mol. The molecule has 3 aliphatic rings. The monoisotopic (exact) mass is 319 g/mol. The number of carbonyl (C=O) groups excluding carboxylic acids is 1. The molecule has 1 N–H and O–H groups in total. The van der Waals surface area contributed by atoms with E-state index in [4.69, 9.17) is 0 Å². The largest absolute Gasteiger partial charge is 0.356 e. The van der Waals surface area contributed by atoms with Crippen LogP contribution in [0, 0.1) is 5.92 Å². The Labute approximate surface area is 144 Å². The summed E-state index contributed by atoms with van der Waals surface area (Å²) in [4.78, 5) is 12.0. The molecule has 0 saturated heterocycles. The van der Waals surface area contributed by atoms with Crippen LogP contribution in [0.1, 0.15) is 66.7 Å². The molecule has 2 nitrogen and oxygen atoms in total. The Morgan fingerprint density at radius 1 is 1.00 bits per heavy atom. The van der Waals surface area contributed by atoms with Crippen LogP contribution in [0.4, 0.5) is 0 Å². The summed E-state index contributed by atoms with van der Waals surface area (Å²) in [5.41, 5.74) is 5.94. The second-order valence-electron chi connectivity index (χ2n) is 7.19. The molecule has 124 valence electrons. The van der Waals surface area contributed by atoms with E-state index in [2.05, 4.69) is 60.8 Å². The lowest BCUT2D eigenvalue weighted by atomic mass is 9.59. The highest BCUT2D eigenvalue weighted by Crippen LogP contribution is 2.55. The van der Waals surface area contributed by atoms with Gasteiger partial charge in [0.1, 0.15) is 0 Å². The van der Waals surface area contributed by atoms with Gasteiger partial charge >= 0.3 is 0 Å². The first-order valence-electron chi connectivity index (χ1n) is 9.24. The summed E-state index contributed by atoms with van der Waals surface area (Å²) in [5, 5.41) is 3.19. The number of benzene rings is 2. The van der Waals surface area contributed by atoms with Crippen LogP contribution in [0.5, 0.6) is 0 Å². The number of hydrogen-bond donors (Lipinski definition) is 1. The predicted molar refractivity (Wildman–Crippen MR) is 97.2 cm³/mol. The molecule has 2 heteroatoms. The van der Waals surface area contributed by atoms with Crippen molar-refractivity contribution in [1.82, 2.24) is 5.32 Å². The lowest BCUT2D eigenvalue weighted by Gasteiger charge is -2.45. The topological polar surface area (TPSA) is 29.1 Å². The first-order valence-corrected chi connectivity index (χ1v) is 9.24. The lowest BCUT2D eigenvalue weighted by molar-refractivity contribution is -0.121. The number of nitrogens with one attached hydrogen (secondary N) is 1. The maximum Gasteiger partial charge on any atom is 0.220 e. The Balaban J connectivity index is 1.60. The molecule has 24 heavy (non-hydrogen) atoms. The standard InChI is InChI=1S/C22H25NO/c1-2-3-12-21(24)23-14-15-13-20-16-8-4-6-10-18(16)22(15)19-11-7-5-9-17(19)20/h4-11,15,20,22H,2-3,12-14H2,1H3,(H,23,24)/t15-,20?,22?/m0/s1. The van der Waals surface area contributed by atoms with Gasteiger partial charge in [0, 0.05) is 24.8 Å². The average Bonchev–Trinajstić information content (AvgIpc) is 2.65. The van der Waals surface area contributed by atoms with E-state index in [1.165, 1.54) is 22.3 Å². The minimum absolute atomic E-state index is 0.208. The Kier molecular flexibility index (Phi) is 4.13. The van der Waals surface area contributed by atoms with Gasteiger partial charge < -0.3 is 5.32 Å². The van der Waals surface area contributed by atoms with E-state index in [9.17, 15) is 4.79 Å². The number of fused-ring (bicyclic) bond motifs is 1. The molecule has 2 bridgehead atoms. The van der Waals surface area contributed by atoms with Crippen molar-refractivity contribution in [3.63, 3.8) is 0 Å². The van der Waals surface area contributed by atoms with E-state index < -0.39 is 0 Å². The molecule has 0 heterocycles. The summed E-state index contributed by atoms with van der Waals surface area (Å²) in [6, 6.07) is 17.8. The first kappa shape index (κ1) is 15.4. The van der Waals surface area contributed by atoms with Gasteiger partial charge in [0.25, 0.3) is 0 Å².